The minimum absolute atomic E-state index is 0.263. The number of ether oxygens (including phenoxy) is 1. The maximum atomic E-state index is 12.3. The second-order valence-electron chi connectivity index (χ2n) is 8.27. The van der Waals surface area contributed by atoms with Crippen molar-refractivity contribution < 1.29 is 13.9 Å². The van der Waals surface area contributed by atoms with E-state index in [0.29, 0.717) is 12.3 Å². The van der Waals surface area contributed by atoms with Crippen LogP contribution in [0, 0.1) is 5.41 Å². The van der Waals surface area contributed by atoms with Gasteiger partial charge < -0.3 is 14.1 Å². The van der Waals surface area contributed by atoms with Gasteiger partial charge in [0.15, 0.2) is 0 Å². The van der Waals surface area contributed by atoms with Crippen LogP contribution in [0.15, 0.2) is 34.9 Å². The van der Waals surface area contributed by atoms with Crippen molar-refractivity contribution in [1.82, 2.24) is 9.80 Å². The second kappa shape index (κ2) is 8.03. The minimum Gasteiger partial charge on any atom is -0.464 e. The summed E-state index contributed by atoms with van der Waals surface area (Å²) in [5.74, 6) is 0.319. The summed E-state index contributed by atoms with van der Waals surface area (Å²) in [5.41, 5.74) is 2.55. The molecule has 146 valence electrons. The van der Waals surface area contributed by atoms with E-state index < -0.39 is 0 Å². The van der Waals surface area contributed by atoms with Crippen LogP contribution in [0.2, 0.25) is 0 Å². The first kappa shape index (κ1) is 18.5. The topological polar surface area (TPSA) is 45.9 Å². The number of carbonyl (C=O) groups excluding carboxylic acids is 1. The number of likely N-dealkylation sites (tertiary alicyclic amines) is 2. The number of carbonyl (C=O) groups is 1. The molecule has 3 heterocycles. The molecular weight excluding hydrogens is 340 g/mol. The van der Waals surface area contributed by atoms with E-state index in [4.69, 9.17) is 9.15 Å². The van der Waals surface area contributed by atoms with E-state index in [-0.39, 0.29) is 5.41 Å². The lowest BCUT2D eigenvalue weighted by molar-refractivity contribution is -0.139. The van der Waals surface area contributed by atoms with Crippen molar-refractivity contribution in [3.05, 3.63) is 36.1 Å². The minimum atomic E-state index is 0.263. The first-order valence-electron chi connectivity index (χ1n) is 10.1. The number of methoxy groups -OCH3 is 1. The van der Waals surface area contributed by atoms with Gasteiger partial charge in [-0.05, 0) is 56.0 Å². The number of furan rings is 1. The predicted octanol–water partition coefficient (Wildman–Crippen LogP) is 3.67. The SMILES string of the molecule is COCCCN1CC2(CCCN(Cc3ccc4occc4c3)C2)CCC1=O. The molecule has 0 N–H and O–H groups in total. The molecule has 2 saturated heterocycles. The van der Waals surface area contributed by atoms with E-state index in [0.717, 1.165) is 57.8 Å². The van der Waals surface area contributed by atoms with Gasteiger partial charge in [-0.15, -0.1) is 0 Å². The van der Waals surface area contributed by atoms with Gasteiger partial charge in [0.1, 0.15) is 5.58 Å². The zero-order valence-corrected chi connectivity index (χ0v) is 16.3. The summed E-state index contributed by atoms with van der Waals surface area (Å²) in [6.45, 7) is 5.66. The van der Waals surface area contributed by atoms with Gasteiger partial charge >= 0.3 is 0 Å². The first-order valence-corrected chi connectivity index (χ1v) is 10.1. The van der Waals surface area contributed by atoms with Crippen molar-refractivity contribution in [1.29, 1.82) is 0 Å². The Labute approximate surface area is 161 Å². The van der Waals surface area contributed by atoms with Crippen molar-refractivity contribution in [2.75, 3.05) is 39.9 Å². The lowest BCUT2D eigenvalue weighted by Crippen LogP contribution is -2.54. The fourth-order valence-electron chi connectivity index (χ4n) is 4.86. The number of hydrogen-bond donors (Lipinski definition) is 0. The Hall–Kier alpha value is -1.85. The van der Waals surface area contributed by atoms with Gasteiger partial charge in [-0.1, -0.05) is 6.07 Å². The van der Waals surface area contributed by atoms with Crippen LogP contribution in [-0.2, 0) is 16.1 Å². The van der Waals surface area contributed by atoms with Gasteiger partial charge in [-0.2, -0.15) is 0 Å². The normalized spacial score (nSPS) is 24.2. The summed E-state index contributed by atoms with van der Waals surface area (Å²) in [6.07, 6.45) is 6.85. The Morgan fingerprint density at radius 1 is 1.22 bits per heavy atom. The third kappa shape index (κ3) is 4.19. The summed E-state index contributed by atoms with van der Waals surface area (Å²) in [6, 6.07) is 8.51. The number of piperidine rings is 2. The average Bonchev–Trinajstić information content (AvgIpc) is 3.13. The molecule has 1 atom stereocenters. The zero-order valence-electron chi connectivity index (χ0n) is 16.3. The maximum Gasteiger partial charge on any atom is 0.222 e. The molecule has 4 rings (SSSR count). The molecule has 0 radical (unpaired) electrons. The molecule has 27 heavy (non-hydrogen) atoms. The number of rotatable bonds is 6. The molecule has 2 aromatic rings. The van der Waals surface area contributed by atoms with Gasteiger partial charge in [-0.25, -0.2) is 0 Å². The summed E-state index contributed by atoms with van der Waals surface area (Å²) in [5, 5.41) is 1.17. The highest BCUT2D eigenvalue weighted by atomic mass is 16.5. The lowest BCUT2D eigenvalue weighted by atomic mass is 9.73. The van der Waals surface area contributed by atoms with E-state index in [1.54, 1.807) is 13.4 Å². The molecule has 0 saturated carbocycles. The Morgan fingerprint density at radius 2 is 2.15 bits per heavy atom. The van der Waals surface area contributed by atoms with Crippen LogP contribution in [0.4, 0.5) is 0 Å². The van der Waals surface area contributed by atoms with E-state index >= 15 is 0 Å². The quantitative estimate of drug-likeness (QED) is 0.728. The summed E-state index contributed by atoms with van der Waals surface area (Å²) in [7, 11) is 1.72. The van der Waals surface area contributed by atoms with E-state index in [9.17, 15) is 4.79 Å². The van der Waals surface area contributed by atoms with Gasteiger partial charge in [0.25, 0.3) is 0 Å². The third-order valence-corrected chi connectivity index (χ3v) is 6.19. The van der Waals surface area contributed by atoms with Crippen molar-refractivity contribution in [3.8, 4) is 0 Å². The van der Waals surface area contributed by atoms with E-state index in [1.165, 1.54) is 23.8 Å². The standard InChI is InChI=1S/C22H30N2O3/c1-26-12-3-11-24-17-22(9-6-21(24)25)8-2-10-23(16-22)15-18-4-5-20-19(14-18)7-13-27-20/h4-5,7,13-14H,2-3,6,8-12,15-17H2,1H3. The van der Waals surface area contributed by atoms with Gasteiger partial charge in [0.05, 0.1) is 6.26 Å². The first-order chi connectivity index (χ1) is 13.2. The smallest absolute Gasteiger partial charge is 0.222 e. The third-order valence-electron chi connectivity index (χ3n) is 6.19. The number of amides is 1. The van der Waals surface area contributed by atoms with Crippen LogP contribution in [0.1, 0.15) is 37.7 Å². The predicted molar refractivity (Wildman–Crippen MR) is 105 cm³/mol. The molecule has 0 aliphatic carbocycles. The van der Waals surface area contributed by atoms with E-state index in [2.05, 4.69) is 28.0 Å². The van der Waals surface area contributed by atoms with Crippen LogP contribution in [0.25, 0.3) is 11.0 Å². The Morgan fingerprint density at radius 3 is 3.04 bits per heavy atom. The fourth-order valence-corrected chi connectivity index (χ4v) is 4.86. The highest BCUT2D eigenvalue weighted by Crippen LogP contribution is 2.39. The number of nitrogens with zero attached hydrogens (tertiary/aromatic N) is 2. The molecule has 5 nitrogen and oxygen atoms in total. The number of hydrogen-bond acceptors (Lipinski definition) is 4. The Kier molecular flexibility index (Phi) is 5.50. The Bertz CT molecular complexity index is 787. The number of fused-ring (bicyclic) bond motifs is 1. The Balaban J connectivity index is 1.41. The summed E-state index contributed by atoms with van der Waals surface area (Å²) < 4.78 is 10.6. The molecule has 1 aromatic carbocycles. The number of benzene rings is 1. The zero-order chi connectivity index (χ0) is 18.7. The van der Waals surface area contributed by atoms with Gasteiger partial charge in [-0.3, -0.25) is 9.69 Å². The van der Waals surface area contributed by atoms with Crippen LogP contribution in [-0.4, -0.2) is 55.6 Å². The van der Waals surface area contributed by atoms with Crippen molar-refractivity contribution >= 4 is 16.9 Å². The molecule has 5 heteroatoms. The monoisotopic (exact) mass is 370 g/mol. The highest BCUT2D eigenvalue weighted by molar-refractivity contribution is 5.78. The molecule has 2 fully saturated rings. The largest absolute Gasteiger partial charge is 0.464 e. The fraction of sp³-hybridized carbons (Fsp3) is 0.591. The summed E-state index contributed by atoms with van der Waals surface area (Å²) in [4.78, 5) is 17.0. The van der Waals surface area contributed by atoms with Crippen molar-refractivity contribution in [2.45, 2.75) is 38.6 Å². The van der Waals surface area contributed by atoms with Crippen molar-refractivity contribution in [2.24, 2.45) is 5.41 Å². The van der Waals surface area contributed by atoms with Crippen LogP contribution in [0.5, 0.6) is 0 Å². The van der Waals surface area contributed by atoms with Crippen molar-refractivity contribution in [3.63, 3.8) is 0 Å². The molecule has 1 amide bonds. The average molecular weight is 370 g/mol. The molecule has 0 bridgehead atoms. The highest BCUT2D eigenvalue weighted by Gasteiger charge is 2.41. The van der Waals surface area contributed by atoms with Crippen LogP contribution >= 0.6 is 0 Å². The molecule has 1 aromatic heterocycles. The van der Waals surface area contributed by atoms with Gasteiger partial charge in [0.2, 0.25) is 5.91 Å². The molecule has 1 unspecified atom stereocenters. The molecular formula is C22H30N2O3. The molecule has 2 aliphatic heterocycles. The summed E-state index contributed by atoms with van der Waals surface area (Å²) >= 11 is 0. The van der Waals surface area contributed by atoms with Gasteiger partial charge in [0, 0.05) is 57.1 Å². The second-order valence-corrected chi connectivity index (χ2v) is 8.27. The maximum absolute atomic E-state index is 12.3. The molecule has 1 spiro atoms. The molecule has 2 aliphatic rings. The van der Waals surface area contributed by atoms with Crippen LogP contribution in [0.3, 0.4) is 0 Å². The van der Waals surface area contributed by atoms with E-state index in [1.807, 2.05) is 6.07 Å². The lowest BCUT2D eigenvalue weighted by Gasteiger charge is -2.48. The van der Waals surface area contributed by atoms with Crippen LogP contribution < -0.4 is 0 Å².